The maximum absolute atomic E-state index is 11.1. The van der Waals surface area contributed by atoms with Gasteiger partial charge in [-0.2, -0.15) is 0 Å². The molecule has 2 unspecified atom stereocenters. The minimum absolute atomic E-state index is 0.0683. The van der Waals surface area contributed by atoms with E-state index >= 15 is 0 Å². The molecular formula is C5H12BINO2P. The lowest BCUT2D eigenvalue weighted by Crippen LogP contribution is -2.38. The van der Waals surface area contributed by atoms with Crippen LogP contribution in [0.2, 0.25) is 0 Å². The van der Waals surface area contributed by atoms with Gasteiger partial charge < -0.3 is 9.96 Å². The van der Waals surface area contributed by atoms with Gasteiger partial charge in [0.2, 0.25) is 5.91 Å². The summed E-state index contributed by atoms with van der Waals surface area (Å²) in [6, 6.07) is 0. The molecule has 0 aliphatic carbocycles. The van der Waals surface area contributed by atoms with E-state index in [1.165, 1.54) is 0 Å². The Bertz CT molecular complexity index is 136. The van der Waals surface area contributed by atoms with Crippen LogP contribution in [0.15, 0.2) is 0 Å². The molecule has 1 N–H and O–H groups in total. The third-order valence-corrected chi connectivity index (χ3v) is 1.54. The predicted molar refractivity (Wildman–Crippen MR) is 58.7 cm³/mol. The van der Waals surface area contributed by atoms with Crippen LogP contribution < -0.4 is 5.23 Å². The summed E-state index contributed by atoms with van der Waals surface area (Å²) in [4.78, 5) is 11.1. The number of nitrogens with one attached hydrogen (secondary N) is 1. The fraction of sp³-hybridized carbons (Fsp3) is 0.800. The van der Waals surface area contributed by atoms with E-state index in [0.717, 1.165) is 0 Å². The quantitative estimate of drug-likeness (QED) is 0.472. The molecule has 64 valence electrons. The fourth-order valence-electron chi connectivity index (χ4n) is 0.579. The second-order valence-electron chi connectivity index (χ2n) is 2.01. The molecule has 0 rings (SSSR count). The molecule has 0 heterocycles. The van der Waals surface area contributed by atoms with E-state index in [1.807, 2.05) is 6.92 Å². The molecule has 6 heteroatoms. The lowest BCUT2D eigenvalue weighted by Gasteiger charge is -2.11. The van der Waals surface area contributed by atoms with Gasteiger partial charge in [-0.15, -0.1) is 31.5 Å². The minimum Gasteiger partial charge on any atom is -0.384 e. The fourth-order valence-corrected chi connectivity index (χ4v) is 1.05. The summed E-state index contributed by atoms with van der Waals surface area (Å²) in [5, 5.41) is 2.71. The Morgan fingerprint density at radius 1 is 1.91 bits per heavy atom. The molecule has 0 aromatic heterocycles. The maximum Gasteiger partial charge on any atom is 0.349 e. The summed E-state index contributed by atoms with van der Waals surface area (Å²) in [5.74, 6) is -0.0683. The van der Waals surface area contributed by atoms with E-state index in [2.05, 4.69) is 36.7 Å². The molecule has 0 fully saturated rings. The Morgan fingerprint density at radius 2 is 2.45 bits per heavy atom. The lowest BCUT2D eigenvalue weighted by atomic mass is 10.3. The molecule has 1 amide bonds. The van der Waals surface area contributed by atoms with Crippen molar-refractivity contribution in [3.63, 3.8) is 0 Å². The highest BCUT2D eigenvalue weighted by Crippen LogP contribution is 2.00. The summed E-state index contributed by atoms with van der Waals surface area (Å²) in [6.07, 6.45) is -0.349. The Morgan fingerprint density at radius 3 is 2.82 bits per heavy atom. The van der Waals surface area contributed by atoms with Crippen molar-refractivity contribution in [1.29, 1.82) is 0 Å². The smallest absolute Gasteiger partial charge is 0.349 e. The van der Waals surface area contributed by atoms with Gasteiger partial charge in [0.25, 0.3) is 0 Å². The van der Waals surface area contributed by atoms with E-state index in [9.17, 15) is 4.79 Å². The number of amides is 1. The highest BCUT2D eigenvalue weighted by atomic mass is 127. The van der Waals surface area contributed by atoms with E-state index in [1.54, 1.807) is 6.92 Å². The molecule has 0 aromatic rings. The van der Waals surface area contributed by atoms with Crippen molar-refractivity contribution in [3.05, 3.63) is 0 Å². The average Bonchev–Trinajstić information content (AvgIpc) is 1.86. The first-order chi connectivity index (χ1) is 5.07. The largest absolute Gasteiger partial charge is 0.384 e. The van der Waals surface area contributed by atoms with Crippen molar-refractivity contribution in [2.45, 2.75) is 20.0 Å². The standard InChI is InChI=1S/C5H12BINO2P/c1-3-10-4(2)5(9)8-6(7)11/h4H,3,11H2,1-2H3,(H,8,9). The molecule has 0 saturated heterocycles. The Labute approximate surface area is 83.2 Å². The highest BCUT2D eigenvalue weighted by molar-refractivity contribution is 14.1. The van der Waals surface area contributed by atoms with Crippen LogP contribution in [-0.4, -0.2) is 23.0 Å². The SMILES string of the molecule is CCOC(C)C(=O)NB(P)I. The Balaban J connectivity index is 3.64. The van der Waals surface area contributed by atoms with Crippen LogP contribution in [0.5, 0.6) is 0 Å². The molecule has 0 aliphatic rings. The van der Waals surface area contributed by atoms with Gasteiger partial charge in [-0.3, -0.25) is 4.79 Å². The molecule has 0 bridgehead atoms. The predicted octanol–water partition coefficient (Wildman–Crippen LogP) is 0.823. The summed E-state index contributed by atoms with van der Waals surface area (Å²) >= 11 is 2.09. The first-order valence-corrected chi connectivity index (χ1v) is 5.30. The Hall–Kier alpha value is 0.655. The molecule has 0 spiro atoms. The number of carbonyl (C=O) groups is 1. The molecule has 0 saturated carbocycles. The number of halogens is 1. The van der Waals surface area contributed by atoms with E-state index in [0.29, 0.717) is 6.61 Å². The maximum atomic E-state index is 11.1. The van der Waals surface area contributed by atoms with Gasteiger partial charge in [-0.1, -0.05) is 0 Å². The monoisotopic (exact) mass is 287 g/mol. The van der Waals surface area contributed by atoms with Gasteiger partial charge in [0.1, 0.15) is 6.10 Å². The third-order valence-electron chi connectivity index (χ3n) is 1.07. The van der Waals surface area contributed by atoms with Crippen molar-refractivity contribution in [3.8, 4) is 0 Å². The number of carbonyl (C=O) groups excluding carboxylic acids is 1. The molecule has 0 aromatic carbocycles. The first kappa shape index (κ1) is 11.7. The summed E-state index contributed by atoms with van der Waals surface area (Å²) in [6.45, 7) is 4.17. The second kappa shape index (κ2) is 6.20. The van der Waals surface area contributed by atoms with Gasteiger partial charge in [-0.25, -0.2) is 0 Å². The molecule has 0 radical (unpaired) electrons. The normalized spacial score (nSPS) is 12.4. The van der Waals surface area contributed by atoms with E-state index in [-0.39, 0.29) is 16.4 Å². The average molecular weight is 287 g/mol. The van der Waals surface area contributed by atoms with Gasteiger partial charge in [-0.05, 0) is 13.8 Å². The lowest BCUT2D eigenvalue weighted by molar-refractivity contribution is -0.129. The van der Waals surface area contributed by atoms with Crippen LogP contribution in [0.3, 0.4) is 0 Å². The van der Waals surface area contributed by atoms with Crippen LogP contribution in [-0.2, 0) is 9.53 Å². The van der Waals surface area contributed by atoms with Crippen molar-refractivity contribution in [2.24, 2.45) is 0 Å². The number of rotatable bonds is 4. The molecular weight excluding hydrogens is 275 g/mol. The van der Waals surface area contributed by atoms with Gasteiger partial charge >= 0.3 is 4.42 Å². The molecule has 0 aliphatic heterocycles. The molecule has 3 nitrogen and oxygen atoms in total. The van der Waals surface area contributed by atoms with Crippen molar-refractivity contribution in [2.75, 3.05) is 6.61 Å². The second-order valence-corrected chi connectivity index (χ2v) is 5.37. The van der Waals surface area contributed by atoms with Crippen molar-refractivity contribution in [1.82, 2.24) is 5.23 Å². The van der Waals surface area contributed by atoms with E-state index in [4.69, 9.17) is 4.74 Å². The number of hydrogen-bond donors (Lipinski definition) is 1. The summed E-state index contributed by atoms with van der Waals surface area (Å²) < 4.78 is 5.15. The number of hydrogen-bond acceptors (Lipinski definition) is 2. The van der Waals surface area contributed by atoms with Crippen molar-refractivity contribution >= 4 is 41.8 Å². The van der Waals surface area contributed by atoms with Gasteiger partial charge in [0.15, 0.2) is 0 Å². The highest BCUT2D eigenvalue weighted by Gasteiger charge is 2.14. The zero-order chi connectivity index (χ0) is 8.85. The zero-order valence-electron chi connectivity index (χ0n) is 6.63. The van der Waals surface area contributed by atoms with Crippen LogP contribution in [0.4, 0.5) is 0 Å². The van der Waals surface area contributed by atoms with Gasteiger partial charge in [0.05, 0.1) is 0 Å². The van der Waals surface area contributed by atoms with Crippen LogP contribution >= 0.6 is 31.5 Å². The van der Waals surface area contributed by atoms with E-state index < -0.39 is 0 Å². The Kier molecular flexibility index (Phi) is 6.57. The summed E-state index contributed by atoms with van der Waals surface area (Å²) in [7, 11) is 2.48. The van der Waals surface area contributed by atoms with Crippen LogP contribution in [0, 0.1) is 0 Å². The topological polar surface area (TPSA) is 38.3 Å². The van der Waals surface area contributed by atoms with Crippen LogP contribution in [0.1, 0.15) is 13.8 Å². The molecule has 2 atom stereocenters. The number of ether oxygens (including phenoxy) is 1. The van der Waals surface area contributed by atoms with Crippen LogP contribution in [0.25, 0.3) is 0 Å². The van der Waals surface area contributed by atoms with Crippen molar-refractivity contribution < 1.29 is 9.53 Å². The summed E-state index contributed by atoms with van der Waals surface area (Å²) in [5.41, 5.74) is 0. The molecule has 11 heavy (non-hydrogen) atoms. The minimum atomic E-state index is -0.349. The zero-order valence-corrected chi connectivity index (χ0v) is 9.95. The first-order valence-electron chi connectivity index (χ1n) is 3.39. The van der Waals surface area contributed by atoms with Gasteiger partial charge in [0, 0.05) is 6.61 Å². The third kappa shape index (κ3) is 5.88.